The largest absolute Gasteiger partial charge is 1.00 e. The summed E-state index contributed by atoms with van der Waals surface area (Å²) in [5, 5.41) is 14.8. The smallest absolute Gasteiger partial charge is 0.543 e. The molecule has 2 aromatic rings. The van der Waals surface area contributed by atoms with E-state index < -0.39 is 17.7 Å². The maximum absolute atomic E-state index is 13.4. The molecule has 8 heteroatoms. The molecule has 2 atom stereocenters. The van der Waals surface area contributed by atoms with Crippen molar-refractivity contribution in [1.29, 1.82) is 0 Å². The summed E-state index contributed by atoms with van der Waals surface area (Å²) >= 11 is 1.87. The van der Waals surface area contributed by atoms with E-state index in [4.69, 9.17) is 0 Å². The molecule has 2 unspecified atom stereocenters. The number of rotatable bonds is 7. The maximum atomic E-state index is 13.4. The zero-order valence-electron chi connectivity index (χ0n) is 20.8. The van der Waals surface area contributed by atoms with E-state index in [1.54, 1.807) is 4.57 Å². The van der Waals surface area contributed by atoms with Gasteiger partial charge in [0.15, 0.2) is 0 Å². The molecular weight excluding hydrogens is 522 g/mol. The molecule has 0 saturated heterocycles. The van der Waals surface area contributed by atoms with Gasteiger partial charge in [-0.05, 0) is 68.1 Å². The molecule has 0 aliphatic heterocycles. The Morgan fingerprint density at radius 1 is 1.11 bits per heavy atom. The molecule has 0 N–H and O–H groups in total. The van der Waals surface area contributed by atoms with Gasteiger partial charge in [0, 0.05) is 32.8 Å². The zero-order valence-corrected chi connectivity index (χ0v) is 24.8. The van der Waals surface area contributed by atoms with Crippen LogP contribution < -0.4 is 67.1 Å². The molecule has 4 aliphatic carbocycles. The Bertz CT molecular complexity index is 1400. The van der Waals surface area contributed by atoms with Crippen molar-refractivity contribution in [2.45, 2.75) is 67.8 Å². The Labute approximate surface area is 261 Å². The molecule has 1 aromatic heterocycles. The molecule has 0 amide bonds. The second-order valence-corrected chi connectivity index (χ2v) is 11.6. The summed E-state index contributed by atoms with van der Waals surface area (Å²) in [4.78, 5) is 13.6. The van der Waals surface area contributed by atoms with E-state index in [-0.39, 0.29) is 68.9 Å². The number of thioether (sulfide) groups is 1. The number of carboxylic acids is 1. The summed E-state index contributed by atoms with van der Waals surface area (Å²) < 4.78 is 41.8. The number of benzene rings is 1. The van der Waals surface area contributed by atoms with E-state index in [2.05, 4.69) is 18.2 Å². The number of alkyl halides is 3. The van der Waals surface area contributed by atoms with Crippen LogP contribution in [0.3, 0.4) is 0 Å². The first-order valence-electron chi connectivity index (χ1n) is 12.7. The van der Waals surface area contributed by atoms with E-state index in [1.165, 1.54) is 36.3 Å². The van der Waals surface area contributed by atoms with Crippen LogP contribution in [0.2, 0.25) is 0 Å². The van der Waals surface area contributed by atoms with Gasteiger partial charge in [-0.3, -0.25) is 0 Å². The third-order valence-corrected chi connectivity index (χ3v) is 9.24. The number of fused-ring (bicyclic) bond motifs is 2. The molecular formula is C29H27F3KNO2S. The minimum Gasteiger partial charge on any atom is -0.543 e. The van der Waals surface area contributed by atoms with Crippen LogP contribution in [0.5, 0.6) is 0 Å². The summed E-state index contributed by atoms with van der Waals surface area (Å²) in [6.45, 7) is 0.311. The fourth-order valence-electron chi connectivity index (χ4n) is 5.73. The van der Waals surface area contributed by atoms with Crippen LogP contribution in [0.1, 0.15) is 55.4 Å². The molecule has 3 nitrogen and oxygen atoms in total. The number of aromatic carboxylic acids is 1. The van der Waals surface area contributed by atoms with Crippen molar-refractivity contribution in [3.05, 3.63) is 63.8 Å². The Kier molecular flexibility index (Phi) is 8.08. The quantitative estimate of drug-likeness (QED) is 0.497. The summed E-state index contributed by atoms with van der Waals surface area (Å²) in [5.41, 5.74) is 1.78. The molecule has 188 valence electrons. The number of hydrogen-bond acceptors (Lipinski definition) is 3. The minimum absolute atomic E-state index is 0. The van der Waals surface area contributed by atoms with E-state index in [0.717, 1.165) is 41.0 Å². The number of carbonyl (C=O) groups is 1. The Morgan fingerprint density at radius 3 is 2.49 bits per heavy atom. The first-order chi connectivity index (χ1) is 17.3. The molecule has 0 radical (unpaired) electrons. The summed E-state index contributed by atoms with van der Waals surface area (Å²) in [6, 6.07) is 8.07. The first-order valence-corrected chi connectivity index (χ1v) is 13.6. The number of hydrogen-bond donors (Lipinski definition) is 0. The van der Waals surface area contributed by atoms with Crippen LogP contribution in [0.15, 0.2) is 52.5 Å². The van der Waals surface area contributed by atoms with Gasteiger partial charge in [-0.25, -0.2) is 0 Å². The third kappa shape index (κ3) is 5.52. The van der Waals surface area contributed by atoms with Gasteiger partial charge < -0.3 is 14.5 Å². The third-order valence-electron chi connectivity index (χ3n) is 7.89. The standard InChI is InChI=1S/C29H28F3NO2S.K/c30-29(31,32)20-14-18(24-16-19(24)15-20)12-13-33-25-7-2-1-6-23(25)26(27(33)28(34)35)17-8-10-22(11-9-17)36-21-4-3-5-21;/h6-11,14-15,19,21,24H,1-5,12-13,16H2,(H,34,35);/q;+1/p-1. The van der Waals surface area contributed by atoms with E-state index in [9.17, 15) is 23.1 Å². The zero-order chi connectivity index (χ0) is 25.0. The van der Waals surface area contributed by atoms with E-state index in [1.807, 2.05) is 30.0 Å². The number of aromatic nitrogens is 1. The van der Waals surface area contributed by atoms with Crippen molar-refractivity contribution in [3.63, 3.8) is 0 Å². The normalized spacial score (nSPS) is 22.2. The van der Waals surface area contributed by atoms with Gasteiger partial charge in [0.1, 0.15) is 0 Å². The number of halogens is 3. The topological polar surface area (TPSA) is 45.1 Å². The molecule has 37 heavy (non-hydrogen) atoms. The minimum atomic E-state index is -4.36. The van der Waals surface area contributed by atoms with Crippen LogP contribution in [0.25, 0.3) is 23.3 Å². The van der Waals surface area contributed by atoms with Crippen molar-refractivity contribution in [1.82, 2.24) is 4.57 Å². The average molecular weight is 550 g/mol. The average Bonchev–Trinajstić information content (AvgIpc) is 3.54. The molecule has 0 spiro atoms. The maximum Gasteiger partial charge on any atom is 1.00 e. The van der Waals surface area contributed by atoms with Crippen molar-refractivity contribution in [3.8, 4) is 11.1 Å². The fourth-order valence-corrected chi connectivity index (χ4v) is 6.98. The van der Waals surface area contributed by atoms with Crippen LogP contribution in [-0.2, 0) is 6.54 Å². The number of carboxylic acid groups (broad SMARTS) is 1. The predicted molar refractivity (Wildman–Crippen MR) is 134 cm³/mol. The molecule has 4 aliphatic rings. The number of allylic oxidation sites excluding steroid dienone is 4. The number of carbonyl (C=O) groups excluding carboxylic acids is 1. The first kappa shape index (κ1) is 27.5. The number of nitrogens with zero attached hydrogens (tertiary/aromatic N) is 1. The van der Waals surface area contributed by atoms with Crippen LogP contribution in [-0.4, -0.2) is 22.0 Å². The molecule has 2 saturated carbocycles. The Morgan fingerprint density at radius 2 is 1.84 bits per heavy atom. The molecule has 2 fully saturated rings. The summed E-state index contributed by atoms with van der Waals surface area (Å²) in [5.74, 6) is -1.16. The predicted octanol–water partition coefficient (Wildman–Crippen LogP) is 1.98. The van der Waals surface area contributed by atoms with Crippen LogP contribution in [0, 0.1) is 11.8 Å². The Balaban J connectivity index is 0.00000280. The summed E-state index contributed by atoms with van der Waals surface area (Å²) in [6.07, 6.45) is 8.87. The molecule has 1 heterocycles. The van der Waals surface area contributed by atoms with Gasteiger partial charge in [0.2, 0.25) is 0 Å². The van der Waals surface area contributed by atoms with E-state index in [0.29, 0.717) is 23.8 Å². The van der Waals surface area contributed by atoms with E-state index >= 15 is 0 Å². The van der Waals surface area contributed by atoms with Crippen molar-refractivity contribution < 1.29 is 74.5 Å². The fraction of sp³-hybridized carbons (Fsp3) is 0.414. The van der Waals surface area contributed by atoms with Crippen molar-refractivity contribution >= 4 is 29.9 Å². The van der Waals surface area contributed by atoms with Gasteiger partial charge in [0.25, 0.3) is 0 Å². The van der Waals surface area contributed by atoms with Gasteiger partial charge in [0.05, 0.1) is 17.2 Å². The van der Waals surface area contributed by atoms with Gasteiger partial charge in [-0.2, -0.15) is 13.2 Å². The van der Waals surface area contributed by atoms with Gasteiger partial charge in [-0.1, -0.05) is 48.4 Å². The van der Waals surface area contributed by atoms with Gasteiger partial charge in [-0.15, -0.1) is 11.8 Å². The SMILES string of the molecule is O=C([O-])c1c(-c2ccc(SC3CCC3)cc2)c2c(n1CCC1=CC(C(F)(F)F)=CC3CC13)=CCCC=2.[K+]. The molecule has 1 aromatic carbocycles. The molecule has 6 rings (SSSR count). The Hall–Kier alpha value is -1.03. The van der Waals surface area contributed by atoms with Gasteiger partial charge >= 0.3 is 57.6 Å². The van der Waals surface area contributed by atoms with Crippen LogP contribution >= 0.6 is 11.8 Å². The summed E-state index contributed by atoms with van der Waals surface area (Å²) in [7, 11) is 0. The molecule has 0 bridgehead atoms. The van der Waals surface area contributed by atoms with Crippen LogP contribution in [0.4, 0.5) is 13.2 Å². The van der Waals surface area contributed by atoms with Crippen molar-refractivity contribution in [2.75, 3.05) is 0 Å². The second kappa shape index (κ2) is 10.9. The monoisotopic (exact) mass is 549 g/mol. The second-order valence-electron chi connectivity index (χ2n) is 10.2. The van der Waals surface area contributed by atoms with Crippen molar-refractivity contribution in [2.24, 2.45) is 11.8 Å².